The molecule has 5 heteroatoms. The second-order valence-electron chi connectivity index (χ2n) is 2.15. The van der Waals surface area contributed by atoms with Gasteiger partial charge in [-0.15, -0.1) is 0 Å². The van der Waals surface area contributed by atoms with E-state index in [2.05, 4.69) is 25.9 Å². The van der Waals surface area contributed by atoms with Crippen LogP contribution in [-0.4, -0.2) is 14.4 Å². The molecule has 58 valence electrons. The fourth-order valence-electron chi connectivity index (χ4n) is 0.930. The standard InChI is InChI=1S/C7H3BrN4/c8-6-5(4-9)11-7-10-2-1-3-12(6)7/h1-3H. The number of halogens is 1. The number of nitrogens with zero attached hydrogens (tertiary/aromatic N) is 4. The lowest BCUT2D eigenvalue weighted by Crippen LogP contribution is -1.85. The summed E-state index contributed by atoms with van der Waals surface area (Å²) in [5.41, 5.74) is 0.355. The monoisotopic (exact) mass is 222 g/mol. The summed E-state index contributed by atoms with van der Waals surface area (Å²) in [6.07, 6.45) is 3.43. The van der Waals surface area contributed by atoms with Gasteiger partial charge in [0.15, 0.2) is 5.69 Å². The molecule has 0 amide bonds. The molecule has 2 aromatic rings. The van der Waals surface area contributed by atoms with E-state index in [-0.39, 0.29) is 0 Å². The van der Waals surface area contributed by atoms with Crippen LogP contribution in [0, 0.1) is 11.3 Å². The number of hydrogen-bond acceptors (Lipinski definition) is 3. The van der Waals surface area contributed by atoms with Crippen LogP contribution < -0.4 is 0 Å². The van der Waals surface area contributed by atoms with Crippen LogP contribution in [0.1, 0.15) is 5.69 Å². The molecule has 0 atom stereocenters. The van der Waals surface area contributed by atoms with E-state index in [1.54, 1.807) is 22.9 Å². The first-order chi connectivity index (χ1) is 5.83. The van der Waals surface area contributed by atoms with Gasteiger partial charge in [-0.3, -0.25) is 4.40 Å². The van der Waals surface area contributed by atoms with Crippen LogP contribution in [0.3, 0.4) is 0 Å². The van der Waals surface area contributed by atoms with Gasteiger partial charge in [0.1, 0.15) is 10.7 Å². The lowest BCUT2D eigenvalue weighted by molar-refractivity contribution is 1.09. The van der Waals surface area contributed by atoms with Crippen LogP contribution >= 0.6 is 15.9 Å². The number of imidazole rings is 1. The van der Waals surface area contributed by atoms with Crippen molar-refractivity contribution in [3.05, 3.63) is 28.8 Å². The summed E-state index contributed by atoms with van der Waals surface area (Å²) in [4.78, 5) is 7.96. The molecule has 0 aromatic carbocycles. The normalized spacial score (nSPS) is 10.0. The first-order valence-electron chi connectivity index (χ1n) is 3.21. The van der Waals surface area contributed by atoms with Crippen molar-refractivity contribution < 1.29 is 0 Å². The lowest BCUT2D eigenvalue weighted by atomic mass is 10.5. The summed E-state index contributed by atoms with van der Waals surface area (Å²) in [6.45, 7) is 0. The quantitative estimate of drug-likeness (QED) is 0.677. The lowest BCUT2D eigenvalue weighted by Gasteiger charge is -1.89. The van der Waals surface area contributed by atoms with Crippen molar-refractivity contribution in [1.82, 2.24) is 14.4 Å². The Balaban J connectivity index is 2.90. The minimum Gasteiger partial charge on any atom is -0.277 e. The molecule has 12 heavy (non-hydrogen) atoms. The molecule has 2 rings (SSSR count). The summed E-state index contributed by atoms with van der Waals surface area (Å²) in [5.74, 6) is 0.529. The molecule has 0 aliphatic rings. The molecule has 2 heterocycles. The van der Waals surface area contributed by atoms with Gasteiger partial charge in [0.25, 0.3) is 0 Å². The Morgan fingerprint density at radius 3 is 3.08 bits per heavy atom. The molecule has 0 unspecified atom stereocenters. The maximum atomic E-state index is 8.64. The molecule has 0 N–H and O–H groups in total. The van der Waals surface area contributed by atoms with E-state index < -0.39 is 0 Å². The highest BCUT2D eigenvalue weighted by Crippen LogP contribution is 2.15. The SMILES string of the molecule is N#Cc1nc2ncccn2c1Br. The van der Waals surface area contributed by atoms with E-state index in [1.807, 2.05) is 6.07 Å². The average molecular weight is 223 g/mol. The number of rotatable bonds is 0. The number of nitriles is 1. The molecule has 4 nitrogen and oxygen atoms in total. The van der Waals surface area contributed by atoms with Crippen LogP contribution in [-0.2, 0) is 0 Å². The van der Waals surface area contributed by atoms with Crippen molar-refractivity contribution in [3.63, 3.8) is 0 Å². The molecule has 0 fully saturated rings. The maximum Gasteiger partial charge on any atom is 0.235 e. The third kappa shape index (κ3) is 0.889. The summed E-state index contributed by atoms with van der Waals surface area (Å²) in [7, 11) is 0. The molecule has 0 saturated heterocycles. The van der Waals surface area contributed by atoms with Crippen LogP contribution in [0.4, 0.5) is 0 Å². The summed E-state index contributed by atoms with van der Waals surface area (Å²) in [5, 5.41) is 8.64. The van der Waals surface area contributed by atoms with Gasteiger partial charge in [0, 0.05) is 12.4 Å². The Morgan fingerprint density at radius 1 is 1.58 bits per heavy atom. The fraction of sp³-hybridized carbons (Fsp3) is 0. The summed E-state index contributed by atoms with van der Waals surface area (Å²) >= 11 is 3.25. The van der Waals surface area contributed by atoms with E-state index in [1.165, 1.54) is 0 Å². The molecule has 0 aliphatic carbocycles. The van der Waals surface area contributed by atoms with Gasteiger partial charge in [-0.1, -0.05) is 0 Å². The van der Waals surface area contributed by atoms with Gasteiger partial charge in [0.2, 0.25) is 5.78 Å². The third-order valence-electron chi connectivity index (χ3n) is 1.45. The second-order valence-corrected chi connectivity index (χ2v) is 2.90. The highest BCUT2D eigenvalue weighted by atomic mass is 79.9. The van der Waals surface area contributed by atoms with Gasteiger partial charge in [0.05, 0.1) is 0 Å². The van der Waals surface area contributed by atoms with E-state index >= 15 is 0 Å². The van der Waals surface area contributed by atoms with Crippen molar-refractivity contribution >= 4 is 21.7 Å². The molecular weight excluding hydrogens is 220 g/mol. The predicted octanol–water partition coefficient (Wildman–Crippen LogP) is 1.36. The van der Waals surface area contributed by atoms with Crippen molar-refractivity contribution in [2.45, 2.75) is 0 Å². The first kappa shape index (κ1) is 7.25. The molecule has 0 radical (unpaired) electrons. The smallest absolute Gasteiger partial charge is 0.235 e. The average Bonchev–Trinajstić information content (AvgIpc) is 2.44. The third-order valence-corrected chi connectivity index (χ3v) is 2.21. The number of fused-ring (bicyclic) bond motifs is 1. The zero-order valence-electron chi connectivity index (χ0n) is 5.90. The van der Waals surface area contributed by atoms with Gasteiger partial charge in [-0.05, 0) is 22.0 Å². The molecular formula is C7H3BrN4. The Bertz CT molecular complexity index is 468. The molecule has 0 bridgehead atoms. The van der Waals surface area contributed by atoms with Crippen LogP contribution in [0.2, 0.25) is 0 Å². The first-order valence-corrected chi connectivity index (χ1v) is 4.01. The molecule has 0 spiro atoms. The molecule has 0 aliphatic heterocycles. The van der Waals surface area contributed by atoms with E-state index in [9.17, 15) is 0 Å². The van der Waals surface area contributed by atoms with Crippen molar-refractivity contribution in [3.8, 4) is 6.07 Å². The number of aromatic nitrogens is 3. The summed E-state index contributed by atoms with van der Waals surface area (Å²) in [6, 6.07) is 3.74. The highest BCUT2D eigenvalue weighted by molar-refractivity contribution is 9.10. The van der Waals surface area contributed by atoms with Crippen LogP contribution in [0.25, 0.3) is 5.78 Å². The maximum absolute atomic E-state index is 8.64. The van der Waals surface area contributed by atoms with Crippen molar-refractivity contribution in [2.75, 3.05) is 0 Å². The van der Waals surface area contributed by atoms with E-state index in [4.69, 9.17) is 5.26 Å². The van der Waals surface area contributed by atoms with E-state index in [0.29, 0.717) is 16.1 Å². The zero-order valence-corrected chi connectivity index (χ0v) is 7.48. The minimum atomic E-state index is 0.355. The predicted molar refractivity (Wildman–Crippen MR) is 45.4 cm³/mol. The second kappa shape index (κ2) is 2.57. The Morgan fingerprint density at radius 2 is 2.42 bits per heavy atom. The van der Waals surface area contributed by atoms with Gasteiger partial charge < -0.3 is 0 Å². The Labute approximate surface area is 76.6 Å². The Kier molecular flexibility index (Phi) is 1.55. The Hall–Kier alpha value is -1.41. The minimum absolute atomic E-state index is 0.355. The topological polar surface area (TPSA) is 54.0 Å². The van der Waals surface area contributed by atoms with Gasteiger partial charge in [-0.2, -0.15) is 10.2 Å². The molecule has 2 aromatic heterocycles. The van der Waals surface area contributed by atoms with Crippen LogP contribution in [0.5, 0.6) is 0 Å². The van der Waals surface area contributed by atoms with Crippen LogP contribution in [0.15, 0.2) is 23.1 Å². The van der Waals surface area contributed by atoms with Gasteiger partial charge >= 0.3 is 0 Å². The number of hydrogen-bond donors (Lipinski definition) is 0. The molecule has 0 saturated carbocycles. The van der Waals surface area contributed by atoms with E-state index in [0.717, 1.165) is 0 Å². The fourth-order valence-corrected chi connectivity index (χ4v) is 1.38. The van der Waals surface area contributed by atoms with Gasteiger partial charge in [-0.25, -0.2) is 4.98 Å². The summed E-state index contributed by atoms with van der Waals surface area (Å²) < 4.78 is 2.35. The zero-order chi connectivity index (χ0) is 8.55. The highest BCUT2D eigenvalue weighted by Gasteiger charge is 2.07. The van der Waals surface area contributed by atoms with Crippen molar-refractivity contribution in [1.29, 1.82) is 5.26 Å². The van der Waals surface area contributed by atoms with Crippen molar-refractivity contribution in [2.24, 2.45) is 0 Å². The largest absolute Gasteiger partial charge is 0.277 e.